The van der Waals surface area contributed by atoms with Crippen LogP contribution in [0.5, 0.6) is 0 Å². The van der Waals surface area contributed by atoms with Crippen molar-refractivity contribution in [1.29, 1.82) is 0 Å². The van der Waals surface area contributed by atoms with Crippen molar-refractivity contribution in [2.75, 3.05) is 19.0 Å². The van der Waals surface area contributed by atoms with Gasteiger partial charge in [0.05, 0.1) is 6.33 Å². The maximum absolute atomic E-state index is 5.61. The Morgan fingerprint density at radius 1 is 1.06 bits per heavy atom. The zero-order valence-corrected chi connectivity index (χ0v) is 10.6. The van der Waals surface area contributed by atoms with Crippen molar-refractivity contribution in [2.45, 2.75) is 38.6 Å². The number of hydrogen-bond acceptors (Lipinski definition) is 2. The lowest BCUT2D eigenvalue weighted by molar-refractivity contribution is 0.554. The normalized spacial score (nSPS) is 10.8. The third-order valence-electron chi connectivity index (χ3n) is 2.57. The summed E-state index contributed by atoms with van der Waals surface area (Å²) in [6.45, 7) is 3.28. The molecule has 0 aliphatic rings. The predicted octanol–water partition coefficient (Wildman–Crippen LogP) is 2.66. The van der Waals surface area contributed by atoms with Gasteiger partial charge >= 0.3 is 0 Å². The molecule has 1 N–H and O–H groups in total. The molecular formula is C12H22ClN3. The Bertz CT molecular complexity index is 236. The van der Waals surface area contributed by atoms with E-state index < -0.39 is 0 Å². The van der Waals surface area contributed by atoms with E-state index in [9.17, 15) is 0 Å². The van der Waals surface area contributed by atoms with Crippen molar-refractivity contribution < 1.29 is 0 Å². The van der Waals surface area contributed by atoms with Gasteiger partial charge in [-0.3, -0.25) is 0 Å². The smallest absolute Gasteiger partial charge is 0.0945 e. The van der Waals surface area contributed by atoms with E-state index in [2.05, 4.69) is 14.9 Å². The summed E-state index contributed by atoms with van der Waals surface area (Å²) < 4.78 is 2.11. The van der Waals surface area contributed by atoms with Crippen LogP contribution < -0.4 is 5.32 Å². The topological polar surface area (TPSA) is 29.9 Å². The van der Waals surface area contributed by atoms with Gasteiger partial charge in [-0.05, 0) is 32.4 Å². The van der Waals surface area contributed by atoms with Crippen molar-refractivity contribution in [1.82, 2.24) is 14.9 Å². The molecule has 0 bridgehead atoms. The first-order chi connectivity index (χ1) is 7.93. The average Bonchev–Trinajstić information content (AvgIpc) is 2.80. The second-order valence-electron chi connectivity index (χ2n) is 4.01. The summed E-state index contributed by atoms with van der Waals surface area (Å²) >= 11 is 5.61. The highest BCUT2D eigenvalue weighted by Gasteiger charge is 1.92. The molecule has 1 aromatic heterocycles. The molecule has 0 aromatic carbocycles. The fourth-order valence-electron chi connectivity index (χ4n) is 1.63. The van der Waals surface area contributed by atoms with Crippen LogP contribution in [0.4, 0.5) is 0 Å². The molecule has 0 spiro atoms. The van der Waals surface area contributed by atoms with Crippen LogP contribution in [0.15, 0.2) is 18.7 Å². The number of hydrogen-bond donors (Lipinski definition) is 1. The van der Waals surface area contributed by atoms with Crippen molar-refractivity contribution >= 4 is 11.6 Å². The first kappa shape index (κ1) is 13.5. The van der Waals surface area contributed by atoms with E-state index >= 15 is 0 Å². The molecule has 0 radical (unpaired) electrons. The Morgan fingerprint density at radius 2 is 1.88 bits per heavy atom. The summed E-state index contributed by atoms with van der Waals surface area (Å²) in [4.78, 5) is 4.01. The number of nitrogens with one attached hydrogen (secondary N) is 1. The largest absolute Gasteiger partial charge is 0.337 e. The van der Waals surface area contributed by atoms with Crippen molar-refractivity contribution in [2.24, 2.45) is 0 Å². The minimum absolute atomic E-state index is 0.804. The van der Waals surface area contributed by atoms with Crippen molar-refractivity contribution in [3.05, 3.63) is 18.7 Å². The van der Waals surface area contributed by atoms with Gasteiger partial charge in [-0.25, -0.2) is 4.98 Å². The van der Waals surface area contributed by atoms with E-state index in [4.69, 9.17) is 11.6 Å². The molecule has 1 heterocycles. The zero-order chi connectivity index (χ0) is 11.5. The summed E-state index contributed by atoms with van der Waals surface area (Å²) in [7, 11) is 0. The molecule has 0 aliphatic heterocycles. The number of imidazole rings is 1. The Labute approximate surface area is 103 Å². The molecule has 0 amide bonds. The Hall–Kier alpha value is -0.540. The molecule has 0 unspecified atom stereocenters. The Balaban J connectivity index is 1.78. The summed E-state index contributed by atoms with van der Waals surface area (Å²) in [5.41, 5.74) is 0. The van der Waals surface area contributed by atoms with Crippen LogP contribution in [-0.4, -0.2) is 28.5 Å². The van der Waals surface area contributed by atoms with Gasteiger partial charge in [0.25, 0.3) is 0 Å². The van der Waals surface area contributed by atoms with E-state index in [0.717, 1.165) is 38.4 Å². The van der Waals surface area contributed by atoms with Crippen LogP contribution in [0.2, 0.25) is 0 Å². The number of aromatic nitrogens is 2. The monoisotopic (exact) mass is 243 g/mol. The molecule has 1 rings (SSSR count). The van der Waals surface area contributed by atoms with Gasteiger partial charge in [-0.1, -0.05) is 12.8 Å². The average molecular weight is 244 g/mol. The van der Waals surface area contributed by atoms with Gasteiger partial charge in [0.2, 0.25) is 0 Å². The van der Waals surface area contributed by atoms with Crippen molar-refractivity contribution in [3.8, 4) is 0 Å². The maximum atomic E-state index is 5.61. The minimum atomic E-state index is 0.804. The van der Waals surface area contributed by atoms with Crippen LogP contribution >= 0.6 is 11.6 Å². The molecular weight excluding hydrogens is 222 g/mol. The molecule has 4 heteroatoms. The summed E-state index contributed by atoms with van der Waals surface area (Å²) in [6, 6.07) is 0. The molecule has 1 aromatic rings. The number of aryl methyl sites for hydroxylation is 1. The van der Waals surface area contributed by atoms with E-state index in [1.807, 2.05) is 18.7 Å². The molecule has 92 valence electrons. The highest BCUT2D eigenvalue weighted by molar-refractivity contribution is 6.17. The number of halogens is 1. The molecule has 0 atom stereocenters. The number of rotatable bonds is 10. The number of alkyl halides is 1. The summed E-state index contributed by atoms with van der Waals surface area (Å²) in [5.74, 6) is 0.804. The van der Waals surface area contributed by atoms with Gasteiger partial charge in [-0.15, -0.1) is 11.6 Å². The van der Waals surface area contributed by atoms with E-state index in [1.165, 1.54) is 19.3 Å². The van der Waals surface area contributed by atoms with E-state index in [0.29, 0.717) is 0 Å². The standard InChI is InChI=1S/C12H22ClN3/c13-6-3-1-2-4-7-14-8-5-10-16-11-9-15-12-16/h9,11-12,14H,1-8,10H2. The van der Waals surface area contributed by atoms with Gasteiger partial charge in [0.15, 0.2) is 0 Å². The molecule has 0 aliphatic carbocycles. The lowest BCUT2D eigenvalue weighted by Gasteiger charge is -2.05. The number of nitrogens with zero attached hydrogens (tertiary/aromatic N) is 2. The summed E-state index contributed by atoms with van der Waals surface area (Å²) in [5, 5.41) is 3.46. The fourth-order valence-corrected chi connectivity index (χ4v) is 1.82. The first-order valence-corrected chi connectivity index (χ1v) is 6.69. The van der Waals surface area contributed by atoms with Gasteiger partial charge in [0.1, 0.15) is 0 Å². The number of unbranched alkanes of at least 4 members (excludes halogenated alkanes) is 3. The lowest BCUT2D eigenvalue weighted by Crippen LogP contribution is -2.18. The fraction of sp³-hybridized carbons (Fsp3) is 0.750. The minimum Gasteiger partial charge on any atom is -0.337 e. The van der Waals surface area contributed by atoms with Crippen LogP contribution in [0.3, 0.4) is 0 Å². The van der Waals surface area contributed by atoms with Crippen LogP contribution in [0, 0.1) is 0 Å². The molecule has 0 saturated heterocycles. The second kappa shape index (κ2) is 9.67. The molecule has 0 fully saturated rings. The maximum Gasteiger partial charge on any atom is 0.0945 e. The molecule has 3 nitrogen and oxygen atoms in total. The third kappa shape index (κ3) is 6.85. The van der Waals surface area contributed by atoms with E-state index in [1.54, 1.807) is 0 Å². The highest BCUT2D eigenvalue weighted by atomic mass is 35.5. The zero-order valence-electron chi connectivity index (χ0n) is 9.87. The van der Waals surface area contributed by atoms with Crippen LogP contribution in [-0.2, 0) is 6.54 Å². The molecule has 16 heavy (non-hydrogen) atoms. The lowest BCUT2D eigenvalue weighted by atomic mass is 10.2. The van der Waals surface area contributed by atoms with E-state index in [-0.39, 0.29) is 0 Å². The first-order valence-electron chi connectivity index (χ1n) is 6.16. The molecule has 0 saturated carbocycles. The van der Waals surface area contributed by atoms with Gasteiger partial charge in [0, 0.05) is 24.8 Å². The predicted molar refractivity (Wildman–Crippen MR) is 68.9 cm³/mol. The van der Waals surface area contributed by atoms with Gasteiger partial charge in [-0.2, -0.15) is 0 Å². The van der Waals surface area contributed by atoms with Crippen LogP contribution in [0.1, 0.15) is 32.1 Å². The SMILES string of the molecule is ClCCCCCCNCCCn1ccnc1. The quantitative estimate of drug-likeness (QED) is 0.506. The highest BCUT2D eigenvalue weighted by Crippen LogP contribution is 1.99. The van der Waals surface area contributed by atoms with Crippen LogP contribution in [0.25, 0.3) is 0 Å². The summed E-state index contributed by atoms with van der Waals surface area (Å²) in [6.07, 6.45) is 11.8. The van der Waals surface area contributed by atoms with Crippen molar-refractivity contribution in [3.63, 3.8) is 0 Å². The second-order valence-corrected chi connectivity index (χ2v) is 4.39. The Morgan fingerprint density at radius 3 is 2.62 bits per heavy atom. The Kier molecular flexibility index (Phi) is 8.17. The van der Waals surface area contributed by atoms with Gasteiger partial charge < -0.3 is 9.88 Å². The third-order valence-corrected chi connectivity index (χ3v) is 2.83.